The van der Waals surface area contributed by atoms with Crippen molar-refractivity contribution in [1.82, 2.24) is 4.31 Å². The summed E-state index contributed by atoms with van der Waals surface area (Å²) in [7, 11) is 0. The zero-order valence-corrected chi connectivity index (χ0v) is 14.2. The second-order valence-electron chi connectivity index (χ2n) is 5.69. The lowest BCUT2D eigenvalue weighted by atomic mass is 10.2. The average molecular weight is 360 g/mol. The third-order valence-corrected chi connectivity index (χ3v) is 5.32. The first kappa shape index (κ1) is 17.4. The molecule has 1 aliphatic heterocycles. The Morgan fingerprint density at radius 1 is 1.16 bits per heavy atom. The van der Waals surface area contributed by atoms with Crippen LogP contribution < -0.4 is 5.32 Å². The van der Waals surface area contributed by atoms with Gasteiger partial charge in [0.2, 0.25) is 0 Å². The van der Waals surface area contributed by atoms with Gasteiger partial charge in [-0.2, -0.15) is 4.31 Å². The van der Waals surface area contributed by atoms with Crippen LogP contribution in [0.2, 0.25) is 0 Å². The van der Waals surface area contributed by atoms with Crippen LogP contribution in [0, 0.1) is 5.82 Å². The molecule has 1 N–H and O–H groups in total. The first-order chi connectivity index (χ1) is 12.0. The van der Waals surface area contributed by atoms with Crippen molar-refractivity contribution in [2.75, 3.05) is 11.9 Å². The van der Waals surface area contributed by atoms with Crippen LogP contribution in [0.5, 0.6) is 0 Å². The van der Waals surface area contributed by atoms with Crippen LogP contribution in [0.15, 0.2) is 53.4 Å². The van der Waals surface area contributed by atoms with Gasteiger partial charge in [0, 0.05) is 23.7 Å². The van der Waals surface area contributed by atoms with Gasteiger partial charge in [-0.15, -0.1) is 0 Å². The van der Waals surface area contributed by atoms with E-state index in [1.165, 1.54) is 34.6 Å². The first-order valence-corrected chi connectivity index (χ1v) is 9.04. The van der Waals surface area contributed by atoms with Gasteiger partial charge >= 0.3 is 0 Å². The molecule has 0 aromatic heterocycles. The molecule has 3 rings (SSSR count). The van der Waals surface area contributed by atoms with E-state index in [4.69, 9.17) is 0 Å². The summed E-state index contributed by atoms with van der Waals surface area (Å²) < 4.78 is 26.9. The van der Waals surface area contributed by atoms with Crippen molar-refractivity contribution in [3.63, 3.8) is 0 Å². The van der Waals surface area contributed by atoms with Crippen molar-refractivity contribution >= 4 is 28.9 Å². The molecular weight excluding hydrogens is 343 g/mol. The molecule has 0 spiro atoms. The van der Waals surface area contributed by atoms with E-state index in [9.17, 15) is 18.5 Å². The van der Waals surface area contributed by atoms with E-state index < -0.39 is 17.3 Å². The highest BCUT2D eigenvalue weighted by molar-refractivity contribution is 7.89. The molecule has 5 nitrogen and oxygen atoms in total. The van der Waals surface area contributed by atoms with E-state index in [0.717, 1.165) is 12.8 Å². The quantitative estimate of drug-likeness (QED) is 0.852. The zero-order chi connectivity index (χ0) is 17.8. The maximum absolute atomic E-state index is 12.9. The minimum Gasteiger partial charge on any atom is -0.588 e. The fourth-order valence-electron chi connectivity index (χ4n) is 2.57. The van der Waals surface area contributed by atoms with Crippen LogP contribution in [0.3, 0.4) is 0 Å². The molecule has 130 valence electrons. The van der Waals surface area contributed by atoms with Crippen molar-refractivity contribution in [3.05, 3.63) is 59.9 Å². The minimum atomic E-state index is -1.62. The Balaban J connectivity index is 1.75. The Morgan fingerprint density at radius 2 is 1.92 bits per heavy atom. The number of rotatable bonds is 4. The maximum Gasteiger partial charge on any atom is 0.264 e. The number of hydrogen-bond acceptors (Lipinski definition) is 3. The predicted octanol–water partition coefficient (Wildman–Crippen LogP) is 3.11. The molecule has 25 heavy (non-hydrogen) atoms. The Labute approximate surface area is 148 Å². The molecule has 0 radical (unpaired) electrons. The Hall–Kier alpha value is -2.38. The van der Waals surface area contributed by atoms with Crippen molar-refractivity contribution in [2.24, 2.45) is 0 Å². The highest BCUT2D eigenvalue weighted by Gasteiger charge is 2.30. The van der Waals surface area contributed by atoms with Crippen LogP contribution in [0.1, 0.15) is 29.6 Å². The Bertz CT molecular complexity index is 782. The fraction of sp³-hybridized carbons (Fsp3) is 0.222. The van der Waals surface area contributed by atoms with Crippen molar-refractivity contribution < 1.29 is 18.5 Å². The van der Waals surface area contributed by atoms with Crippen LogP contribution in [-0.4, -0.2) is 27.2 Å². The van der Waals surface area contributed by atoms with Crippen LogP contribution in [-0.2, 0) is 16.2 Å². The number of halogens is 1. The SMILES string of the molecule is O=C(Nc1ccc(F)cc1)c1cccc([S+]([O-])N2CCCCC2=O)c1. The van der Waals surface area contributed by atoms with Gasteiger partial charge in [0.1, 0.15) is 17.2 Å². The summed E-state index contributed by atoms with van der Waals surface area (Å²) in [6.07, 6.45) is 2.03. The molecule has 1 aliphatic rings. The first-order valence-electron chi connectivity index (χ1n) is 7.94. The van der Waals surface area contributed by atoms with E-state index in [1.807, 2.05) is 0 Å². The smallest absolute Gasteiger partial charge is 0.264 e. The van der Waals surface area contributed by atoms with Crippen molar-refractivity contribution in [1.29, 1.82) is 0 Å². The molecule has 2 amide bonds. The summed E-state index contributed by atoms with van der Waals surface area (Å²) in [5.41, 5.74) is 0.781. The molecule has 1 saturated heterocycles. The van der Waals surface area contributed by atoms with E-state index in [-0.39, 0.29) is 11.7 Å². The monoisotopic (exact) mass is 360 g/mol. The number of carbonyl (C=O) groups excluding carboxylic acids is 2. The molecule has 1 atom stereocenters. The predicted molar refractivity (Wildman–Crippen MR) is 92.8 cm³/mol. The molecule has 0 aliphatic carbocycles. The van der Waals surface area contributed by atoms with Crippen LogP contribution >= 0.6 is 0 Å². The normalized spacial score (nSPS) is 15.8. The summed E-state index contributed by atoms with van der Waals surface area (Å²) in [4.78, 5) is 24.7. The lowest BCUT2D eigenvalue weighted by molar-refractivity contribution is -0.128. The number of benzene rings is 2. The highest BCUT2D eigenvalue weighted by atomic mass is 32.2. The molecule has 1 unspecified atom stereocenters. The molecule has 2 aromatic carbocycles. The van der Waals surface area contributed by atoms with Crippen LogP contribution in [0.25, 0.3) is 0 Å². The van der Waals surface area contributed by atoms with Crippen molar-refractivity contribution in [3.8, 4) is 0 Å². The summed E-state index contributed by atoms with van der Waals surface area (Å²) in [5.74, 6) is -0.914. The van der Waals surface area contributed by atoms with Crippen LogP contribution in [0.4, 0.5) is 10.1 Å². The number of piperidine rings is 1. The molecule has 7 heteroatoms. The van der Waals surface area contributed by atoms with E-state index >= 15 is 0 Å². The zero-order valence-electron chi connectivity index (χ0n) is 13.4. The van der Waals surface area contributed by atoms with E-state index in [1.54, 1.807) is 18.2 Å². The topological polar surface area (TPSA) is 72.5 Å². The second kappa shape index (κ2) is 7.67. The Morgan fingerprint density at radius 3 is 2.64 bits per heavy atom. The van der Waals surface area contributed by atoms with Gasteiger partial charge < -0.3 is 9.87 Å². The minimum absolute atomic E-state index is 0.134. The third kappa shape index (κ3) is 4.18. The van der Waals surface area contributed by atoms with E-state index in [0.29, 0.717) is 29.1 Å². The summed E-state index contributed by atoms with van der Waals surface area (Å²) >= 11 is -1.62. The number of carbonyl (C=O) groups is 2. The van der Waals surface area contributed by atoms with Gasteiger partial charge in [0.25, 0.3) is 11.8 Å². The molecule has 0 bridgehead atoms. The van der Waals surface area contributed by atoms with Gasteiger partial charge in [-0.25, -0.2) is 4.39 Å². The van der Waals surface area contributed by atoms with Gasteiger partial charge in [0.15, 0.2) is 4.90 Å². The summed E-state index contributed by atoms with van der Waals surface area (Å²) in [5, 5.41) is 2.65. The number of amides is 2. The van der Waals surface area contributed by atoms with E-state index in [2.05, 4.69) is 5.32 Å². The summed E-state index contributed by atoms with van der Waals surface area (Å²) in [6.45, 7) is 0.456. The second-order valence-corrected chi connectivity index (χ2v) is 7.10. The molecule has 2 aromatic rings. The standard InChI is InChI=1S/C18H17FN2O3S/c19-14-7-9-15(10-8-14)20-18(23)13-4-3-5-16(12-13)25(24)21-11-2-1-6-17(21)22/h3-5,7-10,12H,1-2,6,11H2,(H,20,23). The largest absolute Gasteiger partial charge is 0.588 e. The van der Waals surface area contributed by atoms with Gasteiger partial charge in [-0.1, -0.05) is 6.07 Å². The molecule has 0 saturated carbocycles. The lowest BCUT2D eigenvalue weighted by Crippen LogP contribution is -2.40. The van der Waals surface area contributed by atoms with Crippen molar-refractivity contribution in [2.45, 2.75) is 24.2 Å². The molecule has 1 fully saturated rings. The summed E-state index contributed by atoms with van der Waals surface area (Å²) in [6, 6.07) is 11.8. The molecule has 1 heterocycles. The van der Waals surface area contributed by atoms with Gasteiger partial charge in [-0.05, 0) is 49.2 Å². The lowest BCUT2D eigenvalue weighted by Gasteiger charge is -2.27. The highest BCUT2D eigenvalue weighted by Crippen LogP contribution is 2.22. The maximum atomic E-state index is 12.9. The average Bonchev–Trinajstić information content (AvgIpc) is 2.63. The van der Waals surface area contributed by atoms with Gasteiger partial charge in [-0.3, -0.25) is 9.59 Å². The molecular formula is C18H17FN2O3S. The number of nitrogens with one attached hydrogen (secondary N) is 1. The number of nitrogens with zero attached hydrogens (tertiary/aromatic N) is 1. The van der Waals surface area contributed by atoms with Gasteiger partial charge in [0.05, 0.1) is 6.54 Å². The Kier molecular flexibility index (Phi) is 5.35. The number of anilines is 1. The number of hydrogen-bond donors (Lipinski definition) is 1. The fourth-order valence-corrected chi connectivity index (χ4v) is 3.81. The third-order valence-electron chi connectivity index (χ3n) is 3.88.